The Morgan fingerprint density at radius 2 is 1.86 bits per heavy atom. The molecule has 0 atom stereocenters. The second-order valence-electron chi connectivity index (χ2n) is 4.09. The van der Waals surface area contributed by atoms with Crippen LogP contribution in [-0.2, 0) is 0 Å². The second kappa shape index (κ2) is 5.16. The van der Waals surface area contributed by atoms with Crippen LogP contribution in [0.15, 0.2) is 35.2 Å². The van der Waals surface area contributed by atoms with Crippen LogP contribution in [0.2, 0.25) is 0 Å². The number of nitrogens with zero attached hydrogens (tertiary/aromatic N) is 4. The van der Waals surface area contributed by atoms with Gasteiger partial charge in [-0.1, -0.05) is 6.07 Å². The van der Waals surface area contributed by atoms with Gasteiger partial charge in [-0.15, -0.1) is 10.2 Å². The van der Waals surface area contributed by atoms with Crippen molar-refractivity contribution >= 4 is 5.95 Å². The molecule has 1 aromatic carbocycles. The van der Waals surface area contributed by atoms with E-state index in [1.54, 1.807) is 30.9 Å². The molecular formula is C13H13N5O3. The first kappa shape index (κ1) is 13.0. The van der Waals surface area contributed by atoms with E-state index >= 15 is 0 Å². The van der Waals surface area contributed by atoms with E-state index < -0.39 is 0 Å². The van der Waals surface area contributed by atoms with Crippen molar-refractivity contribution < 1.29 is 13.9 Å². The van der Waals surface area contributed by atoms with Crippen molar-refractivity contribution in [2.24, 2.45) is 0 Å². The van der Waals surface area contributed by atoms with E-state index in [2.05, 4.69) is 15.2 Å². The Morgan fingerprint density at radius 3 is 2.43 bits per heavy atom. The number of nitrogen functional groups attached to an aromatic ring is 1. The zero-order valence-corrected chi connectivity index (χ0v) is 11.5. The van der Waals surface area contributed by atoms with Crippen molar-refractivity contribution in [2.75, 3.05) is 20.0 Å². The van der Waals surface area contributed by atoms with Gasteiger partial charge in [-0.3, -0.25) is 4.57 Å². The van der Waals surface area contributed by atoms with Crippen LogP contribution in [0.1, 0.15) is 0 Å². The number of para-hydroxylation sites is 1. The second-order valence-corrected chi connectivity index (χ2v) is 4.09. The van der Waals surface area contributed by atoms with Crippen LogP contribution in [0.4, 0.5) is 5.95 Å². The molecular weight excluding hydrogens is 274 g/mol. The molecule has 0 aliphatic heterocycles. The average Bonchev–Trinajstić information content (AvgIpc) is 3.15. The van der Waals surface area contributed by atoms with Crippen LogP contribution >= 0.6 is 0 Å². The monoisotopic (exact) mass is 287 g/mol. The van der Waals surface area contributed by atoms with Crippen LogP contribution in [0.5, 0.6) is 11.5 Å². The number of benzene rings is 1. The van der Waals surface area contributed by atoms with Crippen molar-refractivity contribution in [2.45, 2.75) is 0 Å². The van der Waals surface area contributed by atoms with Crippen molar-refractivity contribution in [1.29, 1.82) is 0 Å². The topological polar surface area (TPSA) is 101 Å². The molecule has 0 fully saturated rings. The third kappa shape index (κ3) is 2.06. The molecule has 3 aromatic rings. The summed E-state index contributed by atoms with van der Waals surface area (Å²) in [6.45, 7) is 0. The van der Waals surface area contributed by atoms with Gasteiger partial charge in [-0.25, -0.2) is 4.98 Å². The molecule has 0 amide bonds. The van der Waals surface area contributed by atoms with Gasteiger partial charge in [0, 0.05) is 0 Å². The first-order valence-electron chi connectivity index (χ1n) is 6.07. The number of hydrogen-bond acceptors (Lipinski definition) is 7. The van der Waals surface area contributed by atoms with E-state index in [0.717, 1.165) is 0 Å². The Morgan fingerprint density at radius 1 is 1.14 bits per heavy atom. The molecule has 0 saturated carbocycles. The van der Waals surface area contributed by atoms with E-state index in [9.17, 15) is 0 Å². The molecule has 0 radical (unpaired) electrons. The Bertz CT molecular complexity index is 729. The molecule has 2 N–H and O–H groups in total. The molecule has 0 spiro atoms. The zero-order chi connectivity index (χ0) is 14.8. The number of aromatic nitrogens is 4. The number of nitrogens with two attached hydrogens (primary N) is 1. The zero-order valence-electron chi connectivity index (χ0n) is 11.5. The Kier molecular flexibility index (Phi) is 3.19. The first-order valence-corrected chi connectivity index (χ1v) is 6.07. The van der Waals surface area contributed by atoms with Gasteiger partial charge in [0.05, 0.1) is 20.4 Å². The molecule has 0 aliphatic carbocycles. The fourth-order valence-corrected chi connectivity index (χ4v) is 2.05. The van der Waals surface area contributed by atoms with Gasteiger partial charge in [0.2, 0.25) is 11.8 Å². The largest absolute Gasteiger partial charge is 0.494 e. The summed E-state index contributed by atoms with van der Waals surface area (Å²) in [5.74, 6) is 2.17. The van der Waals surface area contributed by atoms with Gasteiger partial charge < -0.3 is 19.6 Å². The quantitative estimate of drug-likeness (QED) is 0.776. The lowest BCUT2D eigenvalue weighted by molar-refractivity contribution is 0.391. The minimum Gasteiger partial charge on any atom is -0.494 e. The summed E-state index contributed by atoms with van der Waals surface area (Å²) in [6, 6.07) is 5.40. The SMILES string of the molecule is COc1cccc(OC)c1-n1c(N)nnc1-c1cnco1. The fraction of sp³-hybridized carbons (Fsp3) is 0.154. The highest BCUT2D eigenvalue weighted by atomic mass is 16.5. The van der Waals surface area contributed by atoms with Crippen LogP contribution < -0.4 is 15.2 Å². The lowest BCUT2D eigenvalue weighted by atomic mass is 10.2. The van der Waals surface area contributed by atoms with Gasteiger partial charge in [0.25, 0.3) is 0 Å². The predicted octanol–water partition coefficient (Wildman–Crippen LogP) is 1.52. The van der Waals surface area contributed by atoms with E-state index in [1.807, 2.05) is 6.07 Å². The number of ether oxygens (including phenoxy) is 2. The van der Waals surface area contributed by atoms with Gasteiger partial charge in [-0.05, 0) is 12.1 Å². The van der Waals surface area contributed by atoms with Gasteiger partial charge >= 0.3 is 0 Å². The molecule has 0 aliphatic rings. The summed E-state index contributed by atoms with van der Waals surface area (Å²) >= 11 is 0. The number of methoxy groups -OCH3 is 2. The van der Waals surface area contributed by atoms with Gasteiger partial charge in [0.1, 0.15) is 17.2 Å². The maximum Gasteiger partial charge on any atom is 0.227 e. The summed E-state index contributed by atoms with van der Waals surface area (Å²) < 4.78 is 17.6. The van der Waals surface area contributed by atoms with Crippen molar-refractivity contribution in [3.63, 3.8) is 0 Å². The minimum atomic E-state index is 0.184. The lowest BCUT2D eigenvalue weighted by Crippen LogP contribution is -2.06. The molecule has 2 aromatic heterocycles. The highest BCUT2D eigenvalue weighted by molar-refractivity contribution is 5.65. The maximum atomic E-state index is 5.94. The summed E-state index contributed by atoms with van der Waals surface area (Å²) in [5, 5.41) is 7.92. The maximum absolute atomic E-state index is 5.94. The first-order chi connectivity index (χ1) is 10.3. The third-order valence-corrected chi connectivity index (χ3v) is 2.97. The highest BCUT2D eigenvalue weighted by Crippen LogP contribution is 2.36. The van der Waals surface area contributed by atoms with Gasteiger partial charge in [-0.2, -0.15) is 0 Å². The fourth-order valence-electron chi connectivity index (χ4n) is 2.05. The standard InChI is InChI=1S/C13H13N5O3/c1-19-8-4-3-5-9(20-2)11(8)18-12(16-17-13(18)14)10-6-15-7-21-10/h3-7H,1-2H3,(H2,14,17). The third-order valence-electron chi connectivity index (χ3n) is 2.97. The molecule has 108 valence electrons. The summed E-state index contributed by atoms with van der Waals surface area (Å²) in [5.41, 5.74) is 6.54. The van der Waals surface area contributed by atoms with Crippen molar-refractivity contribution in [3.8, 4) is 28.8 Å². The van der Waals surface area contributed by atoms with E-state index in [0.29, 0.717) is 28.8 Å². The molecule has 3 rings (SSSR count). The van der Waals surface area contributed by atoms with Crippen LogP contribution in [0.3, 0.4) is 0 Å². The van der Waals surface area contributed by atoms with E-state index in [1.165, 1.54) is 12.6 Å². The Labute approximate surface area is 120 Å². The smallest absolute Gasteiger partial charge is 0.227 e. The summed E-state index contributed by atoms with van der Waals surface area (Å²) in [6.07, 6.45) is 2.84. The Hall–Kier alpha value is -3.03. The lowest BCUT2D eigenvalue weighted by Gasteiger charge is -2.15. The summed E-state index contributed by atoms with van der Waals surface area (Å²) in [4.78, 5) is 3.88. The predicted molar refractivity (Wildman–Crippen MR) is 74.4 cm³/mol. The van der Waals surface area contributed by atoms with E-state index in [-0.39, 0.29) is 5.95 Å². The molecule has 8 nitrogen and oxygen atoms in total. The van der Waals surface area contributed by atoms with E-state index in [4.69, 9.17) is 19.6 Å². The van der Waals surface area contributed by atoms with Crippen molar-refractivity contribution in [3.05, 3.63) is 30.8 Å². The molecule has 8 heteroatoms. The van der Waals surface area contributed by atoms with Crippen LogP contribution in [-0.4, -0.2) is 34.0 Å². The van der Waals surface area contributed by atoms with Gasteiger partial charge in [0.15, 0.2) is 12.2 Å². The average molecular weight is 287 g/mol. The molecule has 21 heavy (non-hydrogen) atoms. The molecule has 0 bridgehead atoms. The minimum absolute atomic E-state index is 0.184. The van der Waals surface area contributed by atoms with Crippen molar-refractivity contribution in [1.82, 2.24) is 19.7 Å². The molecule has 2 heterocycles. The highest BCUT2D eigenvalue weighted by Gasteiger charge is 2.22. The van der Waals surface area contributed by atoms with Crippen LogP contribution in [0, 0.1) is 0 Å². The summed E-state index contributed by atoms with van der Waals surface area (Å²) in [7, 11) is 3.12. The number of anilines is 1. The number of oxazole rings is 1. The van der Waals surface area contributed by atoms with Crippen LogP contribution in [0.25, 0.3) is 17.3 Å². The normalized spacial score (nSPS) is 10.6. The number of hydrogen-bond donors (Lipinski definition) is 1. The Balaban J connectivity index is 2.29. The number of rotatable bonds is 4. The molecule has 0 saturated heterocycles. The molecule has 0 unspecified atom stereocenters.